The molecule has 0 radical (unpaired) electrons. The van der Waals surface area contributed by atoms with Crippen LogP contribution in [0.25, 0.3) is 12.2 Å². The van der Waals surface area contributed by atoms with E-state index in [1.54, 1.807) is 0 Å². The average molecular weight is 437 g/mol. The molecule has 0 heteroatoms. The molecule has 34 heavy (non-hydrogen) atoms. The molecule has 164 valence electrons. The highest BCUT2D eigenvalue weighted by Crippen LogP contribution is 2.12. The number of hydrogen-bond acceptors (Lipinski definition) is 0. The first-order valence-corrected chi connectivity index (χ1v) is 11.8. The van der Waals surface area contributed by atoms with Gasteiger partial charge in [0.1, 0.15) is 0 Å². The van der Waals surface area contributed by atoms with Crippen LogP contribution in [-0.2, 0) is 12.8 Å². The van der Waals surface area contributed by atoms with Gasteiger partial charge in [0.05, 0.1) is 0 Å². The number of benzene rings is 4. The lowest BCUT2D eigenvalue weighted by molar-refractivity contribution is 1.14. The van der Waals surface area contributed by atoms with E-state index in [9.17, 15) is 0 Å². The number of aryl methyl sites for hydroxylation is 2. The van der Waals surface area contributed by atoms with Crippen molar-refractivity contribution in [3.63, 3.8) is 0 Å². The molecule has 0 nitrogen and oxygen atoms in total. The zero-order valence-electron chi connectivity index (χ0n) is 19.8. The molecule has 0 unspecified atom stereocenters. The van der Waals surface area contributed by atoms with Gasteiger partial charge in [0.25, 0.3) is 0 Å². The summed E-state index contributed by atoms with van der Waals surface area (Å²) in [5.74, 6) is 13.0. The summed E-state index contributed by atoms with van der Waals surface area (Å²) < 4.78 is 0. The van der Waals surface area contributed by atoms with Gasteiger partial charge >= 0.3 is 0 Å². The van der Waals surface area contributed by atoms with Crippen molar-refractivity contribution in [2.24, 2.45) is 0 Å². The lowest BCUT2D eigenvalue weighted by Gasteiger charge is -1.97. The summed E-state index contributed by atoms with van der Waals surface area (Å²) in [6, 6.07) is 33.6. The van der Waals surface area contributed by atoms with Crippen LogP contribution in [0.3, 0.4) is 0 Å². The number of hydrogen-bond donors (Lipinski definition) is 0. The Hall–Kier alpha value is -4.26. The van der Waals surface area contributed by atoms with Gasteiger partial charge in [-0.05, 0) is 83.6 Å². The maximum Gasteiger partial charge on any atom is 0.0249 e. The van der Waals surface area contributed by atoms with Gasteiger partial charge in [0, 0.05) is 22.3 Å². The van der Waals surface area contributed by atoms with Crippen LogP contribution in [-0.4, -0.2) is 0 Å². The predicted molar refractivity (Wildman–Crippen MR) is 145 cm³/mol. The van der Waals surface area contributed by atoms with Crippen molar-refractivity contribution in [3.05, 3.63) is 142 Å². The summed E-state index contributed by atoms with van der Waals surface area (Å²) in [5.41, 5.74) is 9.10. The fraction of sp³-hybridized carbons (Fsp3) is 0.118. The topological polar surface area (TPSA) is 0 Å². The van der Waals surface area contributed by atoms with Crippen LogP contribution in [0.5, 0.6) is 0 Å². The van der Waals surface area contributed by atoms with E-state index in [1.807, 2.05) is 0 Å². The quantitative estimate of drug-likeness (QED) is 0.226. The van der Waals surface area contributed by atoms with Crippen molar-refractivity contribution in [2.45, 2.75) is 26.7 Å². The predicted octanol–water partition coefficient (Wildman–Crippen LogP) is 7.78. The van der Waals surface area contributed by atoms with Gasteiger partial charge < -0.3 is 0 Å². The van der Waals surface area contributed by atoms with Crippen LogP contribution in [0.2, 0.25) is 0 Å². The largest absolute Gasteiger partial charge is 0.0617 e. The van der Waals surface area contributed by atoms with E-state index in [1.165, 1.54) is 11.1 Å². The summed E-state index contributed by atoms with van der Waals surface area (Å²) >= 11 is 0. The molecule has 4 rings (SSSR count). The second-order valence-electron chi connectivity index (χ2n) is 8.18. The Bertz CT molecular complexity index is 1250. The fourth-order valence-electron chi connectivity index (χ4n) is 3.48. The lowest BCUT2D eigenvalue weighted by Crippen LogP contribution is -1.81. The van der Waals surface area contributed by atoms with E-state index < -0.39 is 0 Å². The van der Waals surface area contributed by atoms with Crippen molar-refractivity contribution in [1.29, 1.82) is 0 Å². The van der Waals surface area contributed by atoms with Crippen LogP contribution in [0.1, 0.15) is 58.4 Å². The first-order chi connectivity index (χ1) is 16.7. The summed E-state index contributed by atoms with van der Waals surface area (Å²) in [5, 5.41) is 0. The molecule has 0 aliphatic carbocycles. The maximum atomic E-state index is 3.25. The van der Waals surface area contributed by atoms with Gasteiger partial charge in [-0.3, -0.25) is 0 Å². The van der Waals surface area contributed by atoms with Crippen LogP contribution in [0.15, 0.2) is 97.1 Å². The molecule has 0 N–H and O–H groups in total. The molecule has 0 aliphatic rings. The van der Waals surface area contributed by atoms with Gasteiger partial charge in [-0.1, -0.05) is 98.2 Å². The SMILES string of the molecule is CCc1ccc(C#Cc2ccc(/C=C/c3ccc(C#Cc4ccc(CC)cc4)cc3)cc2)cc1. The summed E-state index contributed by atoms with van der Waals surface area (Å²) in [6.07, 6.45) is 6.34. The van der Waals surface area contributed by atoms with E-state index in [0.29, 0.717) is 0 Å². The molecule has 0 atom stereocenters. The van der Waals surface area contributed by atoms with Crippen molar-refractivity contribution >= 4 is 12.2 Å². The minimum absolute atomic E-state index is 1.02. The average Bonchev–Trinajstić information content (AvgIpc) is 2.91. The Balaban J connectivity index is 1.36. The standard InChI is InChI=1S/C34H28/c1-3-27-5-9-29(10-6-27)13-15-31-17-21-33(22-18-31)25-26-34-23-19-32(20-24-34)16-14-30-11-7-28(4-2)8-12-30/h5-12,17-26H,3-4H2,1-2H3/b26-25+. The second kappa shape index (κ2) is 11.6. The zero-order valence-corrected chi connectivity index (χ0v) is 19.8. The van der Waals surface area contributed by atoms with Crippen LogP contribution in [0.4, 0.5) is 0 Å². The van der Waals surface area contributed by atoms with Crippen molar-refractivity contribution in [2.75, 3.05) is 0 Å². The highest BCUT2D eigenvalue weighted by Gasteiger charge is 1.93. The van der Waals surface area contributed by atoms with Gasteiger partial charge in [-0.15, -0.1) is 0 Å². The Morgan fingerprint density at radius 1 is 0.412 bits per heavy atom. The monoisotopic (exact) mass is 436 g/mol. The van der Waals surface area contributed by atoms with E-state index in [4.69, 9.17) is 0 Å². The lowest BCUT2D eigenvalue weighted by atomic mass is 10.1. The Kier molecular flexibility index (Phi) is 7.79. The maximum absolute atomic E-state index is 3.25. The van der Waals surface area contributed by atoms with Crippen molar-refractivity contribution in [1.82, 2.24) is 0 Å². The van der Waals surface area contributed by atoms with Crippen molar-refractivity contribution < 1.29 is 0 Å². The van der Waals surface area contributed by atoms with Crippen LogP contribution < -0.4 is 0 Å². The molecule has 0 fully saturated rings. The Morgan fingerprint density at radius 2 is 0.676 bits per heavy atom. The molecule has 0 saturated carbocycles. The van der Waals surface area contributed by atoms with Gasteiger partial charge in [-0.25, -0.2) is 0 Å². The highest BCUT2D eigenvalue weighted by atomic mass is 14.0. The molecule has 0 aromatic heterocycles. The van der Waals surface area contributed by atoms with Crippen LogP contribution >= 0.6 is 0 Å². The highest BCUT2D eigenvalue weighted by molar-refractivity contribution is 5.70. The smallest absolute Gasteiger partial charge is 0.0249 e. The Morgan fingerprint density at radius 3 is 0.941 bits per heavy atom. The Labute approximate surface area is 204 Å². The van der Waals surface area contributed by atoms with Gasteiger partial charge in [0.2, 0.25) is 0 Å². The zero-order chi connectivity index (χ0) is 23.6. The van der Waals surface area contributed by atoms with Crippen LogP contribution in [0, 0.1) is 23.7 Å². The molecule has 0 heterocycles. The fourth-order valence-corrected chi connectivity index (χ4v) is 3.48. The molecule has 0 saturated heterocycles. The minimum atomic E-state index is 1.02. The number of rotatable bonds is 4. The molecular weight excluding hydrogens is 408 g/mol. The van der Waals surface area contributed by atoms with E-state index in [-0.39, 0.29) is 0 Å². The third kappa shape index (κ3) is 6.62. The summed E-state index contributed by atoms with van der Waals surface area (Å²) in [7, 11) is 0. The summed E-state index contributed by atoms with van der Waals surface area (Å²) in [6.45, 7) is 4.32. The van der Waals surface area contributed by atoms with Gasteiger partial charge in [-0.2, -0.15) is 0 Å². The molecule has 0 amide bonds. The molecule has 0 aliphatic heterocycles. The van der Waals surface area contributed by atoms with E-state index in [2.05, 4.69) is 147 Å². The minimum Gasteiger partial charge on any atom is -0.0617 e. The molecular formula is C34H28. The molecule has 4 aromatic rings. The third-order valence-corrected chi connectivity index (χ3v) is 5.72. The molecule has 0 spiro atoms. The molecule has 0 bridgehead atoms. The summed E-state index contributed by atoms with van der Waals surface area (Å²) in [4.78, 5) is 0. The third-order valence-electron chi connectivity index (χ3n) is 5.72. The normalized spacial score (nSPS) is 10.3. The van der Waals surface area contributed by atoms with E-state index >= 15 is 0 Å². The van der Waals surface area contributed by atoms with Gasteiger partial charge in [0.15, 0.2) is 0 Å². The first-order valence-electron chi connectivity index (χ1n) is 11.8. The molecule has 4 aromatic carbocycles. The van der Waals surface area contributed by atoms with Crippen molar-refractivity contribution in [3.8, 4) is 23.7 Å². The van der Waals surface area contributed by atoms with E-state index in [0.717, 1.165) is 46.2 Å². The second-order valence-corrected chi connectivity index (χ2v) is 8.18. The first kappa shape index (κ1) is 22.9.